The van der Waals surface area contributed by atoms with Crippen molar-refractivity contribution in [3.63, 3.8) is 0 Å². The maximum atomic E-state index is 12.9. The Bertz CT molecular complexity index is 1140. The SMILES string of the molecule is CCCC/C=C\C/C=C\CCCCCCCC(=O)OCC(COC(=O)CCCCCCCCC/C=C\CCCCCCCCC)OC(=O)CCCCCCCCCCCCCCCCCCCC. The molecule has 0 bridgehead atoms. The van der Waals surface area contributed by atoms with Gasteiger partial charge in [-0.25, -0.2) is 0 Å². The number of carbonyl (C=O) groups excluding carboxylic acids is 3. The number of hydrogen-bond donors (Lipinski definition) is 0. The highest BCUT2D eigenvalue weighted by atomic mass is 16.6. The number of rotatable bonds is 55. The second-order valence-electron chi connectivity index (χ2n) is 20.3. The summed E-state index contributed by atoms with van der Waals surface area (Å²) in [6, 6.07) is 0. The van der Waals surface area contributed by atoms with E-state index in [1.54, 1.807) is 0 Å². The van der Waals surface area contributed by atoms with Crippen LogP contribution >= 0.6 is 0 Å². The van der Waals surface area contributed by atoms with Gasteiger partial charge >= 0.3 is 17.9 Å². The second-order valence-corrected chi connectivity index (χ2v) is 20.3. The molecular formula is C62H114O6. The molecule has 0 aliphatic carbocycles. The van der Waals surface area contributed by atoms with Crippen LogP contribution in [0.5, 0.6) is 0 Å². The zero-order valence-corrected chi connectivity index (χ0v) is 45.6. The van der Waals surface area contributed by atoms with Gasteiger partial charge in [-0.05, 0) is 70.6 Å². The summed E-state index contributed by atoms with van der Waals surface area (Å²) >= 11 is 0. The van der Waals surface area contributed by atoms with E-state index >= 15 is 0 Å². The quantitative estimate of drug-likeness (QED) is 0.0262. The first-order chi connectivity index (χ1) is 33.5. The molecule has 1 atom stereocenters. The van der Waals surface area contributed by atoms with Crippen LogP contribution in [0.4, 0.5) is 0 Å². The maximum Gasteiger partial charge on any atom is 0.306 e. The van der Waals surface area contributed by atoms with E-state index in [-0.39, 0.29) is 31.1 Å². The molecule has 6 nitrogen and oxygen atoms in total. The first-order valence-corrected chi connectivity index (χ1v) is 30.0. The molecule has 1 unspecified atom stereocenters. The van der Waals surface area contributed by atoms with E-state index < -0.39 is 6.10 Å². The smallest absolute Gasteiger partial charge is 0.306 e. The molecule has 0 saturated carbocycles. The Balaban J connectivity index is 4.34. The first-order valence-electron chi connectivity index (χ1n) is 30.0. The van der Waals surface area contributed by atoms with Crippen LogP contribution in [0.25, 0.3) is 0 Å². The molecule has 0 spiro atoms. The molecule has 0 aromatic heterocycles. The van der Waals surface area contributed by atoms with Gasteiger partial charge in [0.25, 0.3) is 0 Å². The number of allylic oxidation sites excluding steroid dienone is 6. The lowest BCUT2D eigenvalue weighted by Gasteiger charge is -2.18. The van der Waals surface area contributed by atoms with Gasteiger partial charge in [0, 0.05) is 19.3 Å². The molecule has 0 aliphatic rings. The van der Waals surface area contributed by atoms with Crippen molar-refractivity contribution in [3.05, 3.63) is 36.5 Å². The zero-order chi connectivity index (χ0) is 49.3. The van der Waals surface area contributed by atoms with E-state index in [1.165, 1.54) is 205 Å². The van der Waals surface area contributed by atoms with Gasteiger partial charge in [-0.15, -0.1) is 0 Å². The van der Waals surface area contributed by atoms with Crippen molar-refractivity contribution in [2.24, 2.45) is 0 Å². The van der Waals surface area contributed by atoms with E-state index in [2.05, 4.69) is 57.2 Å². The van der Waals surface area contributed by atoms with Gasteiger partial charge in [0.1, 0.15) is 13.2 Å². The number of unbranched alkanes of at least 4 members (excludes halogenated alkanes) is 38. The third-order valence-electron chi connectivity index (χ3n) is 13.4. The standard InChI is InChI=1S/C62H114O6/c1-4-7-10-13-16-19-22-25-28-30-32-34-37-40-43-46-49-52-55-61(64)67-58-59(57-66-60(63)54-51-48-45-42-39-36-27-24-21-18-15-12-9-6-3)68-62(65)56-53-50-47-44-41-38-35-33-31-29-26-23-20-17-14-11-8-5-2/h15,18,24,27-28,30,59H,4-14,16-17,19-23,25-26,29,31-58H2,1-3H3/b18-15-,27-24-,30-28-. The monoisotopic (exact) mass is 955 g/mol. The van der Waals surface area contributed by atoms with Crippen molar-refractivity contribution in [2.75, 3.05) is 13.2 Å². The van der Waals surface area contributed by atoms with Gasteiger partial charge in [-0.1, -0.05) is 269 Å². The lowest BCUT2D eigenvalue weighted by atomic mass is 10.0. The first kappa shape index (κ1) is 65.6. The molecule has 0 aromatic rings. The second kappa shape index (κ2) is 57.2. The highest BCUT2D eigenvalue weighted by molar-refractivity contribution is 5.71. The molecule has 0 radical (unpaired) electrons. The van der Waals surface area contributed by atoms with Gasteiger partial charge < -0.3 is 14.2 Å². The van der Waals surface area contributed by atoms with E-state index in [0.717, 1.165) is 77.0 Å². The van der Waals surface area contributed by atoms with Crippen LogP contribution < -0.4 is 0 Å². The molecule has 398 valence electrons. The molecule has 0 heterocycles. The Kier molecular flexibility index (Phi) is 55.2. The van der Waals surface area contributed by atoms with E-state index in [4.69, 9.17) is 14.2 Å². The molecule has 0 saturated heterocycles. The van der Waals surface area contributed by atoms with Gasteiger partial charge in [0.2, 0.25) is 0 Å². The Labute approximate surface area is 423 Å². The molecule has 0 N–H and O–H groups in total. The van der Waals surface area contributed by atoms with Crippen molar-refractivity contribution < 1.29 is 28.6 Å². The van der Waals surface area contributed by atoms with Gasteiger partial charge in [0.05, 0.1) is 0 Å². The fourth-order valence-electron chi connectivity index (χ4n) is 8.81. The summed E-state index contributed by atoms with van der Waals surface area (Å²) in [4.78, 5) is 38.2. The average Bonchev–Trinajstić information content (AvgIpc) is 3.34. The van der Waals surface area contributed by atoms with Crippen LogP contribution in [0, 0.1) is 0 Å². The molecule has 0 aliphatic heterocycles. The lowest BCUT2D eigenvalue weighted by molar-refractivity contribution is -0.167. The van der Waals surface area contributed by atoms with Crippen molar-refractivity contribution in [2.45, 2.75) is 329 Å². The van der Waals surface area contributed by atoms with Gasteiger partial charge in [-0.3, -0.25) is 14.4 Å². The van der Waals surface area contributed by atoms with E-state index in [9.17, 15) is 14.4 Å². The Morgan fingerprint density at radius 1 is 0.294 bits per heavy atom. The summed E-state index contributed by atoms with van der Waals surface area (Å²) in [7, 11) is 0. The number of carbonyl (C=O) groups is 3. The van der Waals surface area contributed by atoms with Crippen molar-refractivity contribution >= 4 is 17.9 Å². The minimum atomic E-state index is -0.777. The summed E-state index contributed by atoms with van der Waals surface area (Å²) in [5.41, 5.74) is 0. The van der Waals surface area contributed by atoms with E-state index in [0.29, 0.717) is 19.3 Å². The summed E-state index contributed by atoms with van der Waals surface area (Å²) in [6.07, 6.45) is 68.5. The van der Waals surface area contributed by atoms with Crippen LogP contribution in [0.1, 0.15) is 323 Å². The molecule has 0 fully saturated rings. The van der Waals surface area contributed by atoms with Crippen LogP contribution in [0.2, 0.25) is 0 Å². The molecule has 68 heavy (non-hydrogen) atoms. The van der Waals surface area contributed by atoms with Crippen LogP contribution in [-0.2, 0) is 28.6 Å². The van der Waals surface area contributed by atoms with Crippen LogP contribution in [0.3, 0.4) is 0 Å². The Hall–Kier alpha value is -2.37. The topological polar surface area (TPSA) is 78.9 Å². The molecule has 6 heteroatoms. The minimum Gasteiger partial charge on any atom is -0.462 e. The molecule has 0 rings (SSSR count). The summed E-state index contributed by atoms with van der Waals surface area (Å²) in [5, 5.41) is 0. The van der Waals surface area contributed by atoms with E-state index in [1.807, 2.05) is 0 Å². The number of hydrogen-bond acceptors (Lipinski definition) is 6. The summed E-state index contributed by atoms with van der Waals surface area (Å²) < 4.78 is 16.9. The highest BCUT2D eigenvalue weighted by Gasteiger charge is 2.19. The third kappa shape index (κ3) is 54.6. The number of ether oxygens (including phenoxy) is 3. The van der Waals surface area contributed by atoms with Gasteiger partial charge in [0.15, 0.2) is 6.10 Å². The van der Waals surface area contributed by atoms with Crippen LogP contribution in [0.15, 0.2) is 36.5 Å². The molecule has 0 aromatic carbocycles. The van der Waals surface area contributed by atoms with Crippen molar-refractivity contribution in [1.82, 2.24) is 0 Å². The highest BCUT2D eigenvalue weighted by Crippen LogP contribution is 2.17. The minimum absolute atomic E-state index is 0.0753. The largest absolute Gasteiger partial charge is 0.462 e. The number of esters is 3. The fourth-order valence-corrected chi connectivity index (χ4v) is 8.81. The predicted octanol–water partition coefficient (Wildman–Crippen LogP) is 20.0. The summed E-state index contributed by atoms with van der Waals surface area (Å²) in [5.74, 6) is -0.874. The predicted molar refractivity (Wildman–Crippen MR) is 293 cm³/mol. The normalized spacial score (nSPS) is 12.2. The summed E-state index contributed by atoms with van der Waals surface area (Å²) in [6.45, 7) is 6.63. The average molecular weight is 956 g/mol. The maximum absolute atomic E-state index is 12.9. The van der Waals surface area contributed by atoms with Crippen molar-refractivity contribution in [3.8, 4) is 0 Å². The Morgan fingerprint density at radius 2 is 0.544 bits per heavy atom. The van der Waals surface area contributed by atoms with Crippen molar-refractivity contribution in [1.29, 1.82) is 0 Å². The molecule has 0 amide bonds. The fraction of sp³-hybridized carbons (Fsp3) is 0.855. The third-order valence-corrected chi connectivity index (χ3v) is 13.4. The Morgan fingerprint density at radius 3 is 0.868 bits per heavy atom. The zero-order valence-electron chi connectivity index (χ0n) is 45.6. The van der Waals surface area contributed by atoms with Crippen LogP contribution in [-0.4, -0.2) is 37.2 Å². The van der Waals surface area contributed by atoms with Gasteiger partial charge in [-0.2, -0.15) is 0 Å². The lowest BCUT2D eigenvalue weighted by Crippen LogP contribution is -2.30. The molecular weight excluding hydrogens is 841 g/mol.